The van der Waals surface area contributed by atoms with Gasteiger partial charge in [0.25, 0.3) is 5.91 Å². The van der Waals surface area contributed by atoms with E-state index >= 15 is 0 Å². The average molecular weight is 402 g/mol. The van der Waals surface area contributed by atoms with Gasteiger partial charge in [-0.1, -0.05) is 30.3 Å². The molecule has 1 N–H and O–H groups in total. The van der Waals surface area contributed by atoms with Gasteiger partial charge >= 0.3 is 0 Å². The molecule has 140 valence electrons. The van der Waals surface area contributed by atoms with Crippen molar-refractivity contribution in [1.29, 1.82) is 0 Å². The Morgan fingerprint density at radius 3 is 2.67 bits per heavy atom. The number of hydrogen-bond donors (Lipinski definition) is 1. The smallest absolute Gasteiger partial charge is 0.265 e. The summed E-state index contributed by atoms with van der Waals surface area (Å²) < 4.78 is 26.8. The Morgan fingerprint density at radius 1 is 1.19 bits per heavy atom. The Morgan fingerprint density at radius 2 is 1.96 bits per heavy atom. The highest BCUT2D eigenvalue weighted by Gasteiger charge is 2.23. The molecule has 1 amide bonds. The number of rotatable bonds is 7. The fourth-order valence-corrected chi connectivity index (χ4v) is 4.76. The number of hydrogen-bond acceptors (Lipinski definition) is 5. The van der Waals surface area contributed by atoms with Gasteiger partial charge in [0.15, 0.2) is 0 Å². The Bertz CT molecular complexity index is 1000. The zero-order valence-electron chi connectivity index (χ0n) is 14.7. The number of nitrogens with one attached hydrogen (secondary N) is 1. The molecule has 0 radical (unpaired) electrons. The lowest BCUT2D eigenvalue weighted by atomic mass is 10.2. The molecule has 0 aliphatic carbocycles. The van der Waals surface area contributed by atoms with E-state index < -0.39 is 10.0 Å². The molecule has 2 aromatic heterocycles. The van der Waals surface area contributed by atoms with E-state index in [9.17, 15) is 13.2 Å². The van der Waals surface area contributed by atoms with E-state index in [1.54, 1.807) is 25.4 Å². The predicted molar refractivity (Wildman–Crippen MR) is 106 cm³/mol. The SMILES string of the molecule is CN(CCc1ccccc1)S(=O)(=O)c1csc(C(=O)Nc2cccnc2)c1. The molecular weight excluding hydrogens is 382 g/mol. The van der Waals surface area contributed by atoms with Gasteiger partial charge in [-0.15, -0.1) is 11.3 Å². The average Bonchev–Trinajstić information content (AvgIpc) is 3.19. The van der Waals surface area contributed by atoms with Crippen LogP contribution in [-0.4, -0.2) is 37.2 Å². The third-order valence-electron chi connectivity index (χ3n) is 3.98. The third-order valence-corrected chi connectivity index (χ3v) is 6.90. The molecule has 0 fully saturated rings. The number of carbonyl (C=O) groups is 1. The standard InChI is InChI=1S/C19H19N3O3S2/c1-22(11-9-15-6-3-2-4-7-15)27(24,25)17-12-18(26-14-17)19(23)21-16-8-5-10-20-13-16/h2-8,10,12-14H,9,11H2,1H3,(H,21,23). The normalized spacial score (nSPS) is 11.5. The van der Waals surface area contributed by atoms with Gasteiger partial charge in [0, 0.05) is 25.2 Å². The summed E-state index contributed by atoms with van der Waals surface area (Å²) in [6, 6.07) is 14.5. The second kappa shape index (κ2) is 8.43. The minimum absolute atomic E-state index is 0.124. The highest BCUT2D eigenvalue weighted by Crippen LogP contribution is 2.23. The summed E-state index contributed by atoms with van der Waals surface area (Å²) in [5.74, 6) is -0.360. The van der Waals surface area contributed by atoms with Crippen molar-refractivity contribution in [3.8, 4) is 0 Å². The first kappa shape index (κ1) is 19.2. The van der Waals surface area contributed by atoms with Crippen LogP contribution in [0.3, 0.4) is 0 Å². The van der Waals surface area contributed by atoms with Gasteiger partial charge in [-0.3, -0.25) is 9.78 Å². The number of benzene rings is 1. The van der Waals surface area contributed by atoms with Gasteiger partial charge in [0.05, 0.1) is 21.7 Å². The van der Waals surface area contributed by atoms with Crippen molar-refractivity contribution in [2.45, 2.75) is 11.3 Å². The van der Waals surface area contributed by atoms with Crippen LogP contribution in [0.4, 0.5) is 5.69 Å². The van der Waals surface area contributed by atoms with Gasteiger partial charge in [0.1, 0.15) is 0 Å². The molecular formula is C19H19N3O3S2. The summed E-state index contributed by atoms with van der Waals surface area (Å²) >= 11 is 1.10. The van der Waals surface area contributed by atoms with Crippen LogP contribution in [-0.2, 0) is 16.4 Å². The first-order valence-electron chi connectivity index (χ1n) is 8.27. The molecule has 0 saturated heterocycles. The number of sulfonamides is 1. The second-order valence-electron chi connectivity index (χ2n) is 5.90. The fraction of sp³-hybridized carbons (Fsp3) is 0.158. The molecule has 0 saturated carbocycles. The van der Waals surface area contributed by atoms with Crippen LogP contribution >= 0.6 is 11.3 Å². The molecule has 3 aromatic rings. The molecule has 0 spiro atoms. The van der Waals surface area contributed by atoms with Crippen LogP contribution in [0.15, 0.2) is 71.2 Å². The Balaban J connectivity index is 1.67. The van der Waals surface area contributed by atoms with E-state index in [0.717, 1.165) is 16.9 Å². The Kier molecular flexibility index (Phi) is 6.00. The molecule has 1 aromatic carbocycles. The van der Waals surface area contributed by atoms with E-state index in [1.807, 2.05) is 30.3 Å². The van der Waals surface area contributed by atoms with Crippen LogP contribution in [0, 0.1) is 0 Å². The molecule has 6 nitrogen and oxygen atoms in total. The maximum absolute atomic E-state index is 12.7. The number of pyridine rings is 1. The Hall–Kier alpha value is -2.55. The molecule has 0 aliphatic rings. The molecule has 3 rings (SSSR count). The molecule has 0 aliphatic heterocycles. The number of anilines is 1. The van der Waals surface area contributed by atoms with Crippen LogP contribution in [0.2, 0.25) is 0 Å². The van der Waals surface area contributed by atoms with Crippen LogP contribution in [0.1, 0.15) is 15.2 Å². The van der Waals surface area contributed by atoms with Crippen molar-refractivity contribution in [2.24, 2.45) is 0 Å². The summed E-state index contributed by atoms with van der Waals surface area (Å²) in [5.41, 5.74) is 1.63. The summed E-state index contributed by atoms with van der Waals surface area (Å²) in [6.45, 7) is 0.361. The maximum atomic E-state index is 12.7. The number of thiophene rings is 1. The van der Waals surface area contributed by atoms with Gasteiger partial charge < -0.3 is 5.32 Å². The first-order chi connectivity index (χ1) is 13.0. The van der Waals surface area contributed by atoms with Gasteiger partial charge in [-0.05, 0) is 30.2 Å². The second-order valence-corrected chi connectivity index (χ2v) is 8.86. The van der Waals surface area contributed by atoms with Crippen LogP contribution in [0.25, 0.3) is 0 Å². The zero-order valence-corrected chi connectivity index (χ0v) is 16.3. The number of carbonyl (C=O) groups excluding carboxylic acids is 1. The molecule has 2 heterocycles. The molecule has 27 heavy (non-hydrogen) atoms. The minimum Gasteiger partial charge on any atom is -0.320 e. The first-order valence-corrected chi connectivity index (χ1v) is 10.6. The lowest BCUT2D eigenvalue weighted by Gasteiger charge is -2.16. The highest BCUT2D eigenvalue weighted by molar-refractivity contribution is 7.89. The predicted octanol–water partition coefficient (Wildman–Crippen LogP) is 3.26. The molecule has 8 heteroatoms. The zero-order chi connectivity index (χ0) is 19.3. The van der Waals surface area contributed by atoms with Crippen molar-refractivity contribution >= 4 is 33.0 Å². The van der Waals surface area contributed by atoms with Gasteiger partial charge in [-0.25, -0.2) is 12.7 Å². The van der Waals surface area contributed by atoms with E-state index in [0.29, 0.717) is 23.5 Å². The van der Waals surface area contributed by atoms with E-state index in [4.69, 9.17) is 0 Å². The lowest BCUT2D eigenvalue weighted by molar-refractivity contribution is 0.103. The topological polar surface area (TPSA) is 79.4 Å². The number of aromatic nitrogens is 1. The van der Waals surface area contributed by atoms with Crippen molar-refractivity contribution in [3.63, 3.8) is 0 Å². The number of nitrogens with zero attached hydrogens (tertiary/aromatic N) is 2. The van der Waals surface area contributed by atoms with Crippen molar-refractivity contribution in [2.75, 3.05) is 18.9 Å². The van der Waals surface area contributed by atoms with Crippen molar-refractivity contribution in [1.82, 2.24) is 9.29 Å². The quantitative estimate of drug-likeness (QED) is 0.659. The highest BCUT2D eigenvalue weighted by atomic mass is 32.2. The monoisotopic (exact) mass is 401 g/mol. The Labute approximate surface area is 162 Å². The summed E-state index contributed by atoms with van der Waals surface area (Å²) in [6.07, 6.45) is 3.76. The third kappa shape index (κ3) is 4.79. The summed E-state index contributed by atoms with van der Waals surface area (Å²) in [5, 5.41) is 4.19. The van der Waals surface area contributed by atoms with E-state index in [-0.39, 0.29) is 10.8 Å². The maximum Gasteiger partial charge on any atom is 0.265 e. The van der Waals surface area contributed by atoms with E-state index in [1.165, 1.54) is 21.9 Å². The van der Waals surface area contributed by atoms with Gasteiger partial charge in [-0.2, -0.15) is 0 Å². The fourth-order valence-electron chi connectivity index (χ4n) is 2.43. The number of likely N-dealkylation sites (N-methyl/N-ethyl adjacent to an activating group) is 1. The van der Waals surface area contributed by atoms with Crippen molar-refractivity contribution < 1.29 is 13.2 Å². The molecule has 0 atom stereocenters. The molecule has 0 bridgehead atoms. The minimum atomic E-state index is -3.64. The number of amides is 1. The van der Waals surface area contributed by atoms with Crippen LogP contribution in [0.5, 0.6) is 0 Å². The molecule has 0 unspecified atom stereocenters. The summed E-state index contributed by atoms with van der Waals surface area (Å²) in [4.78, 5) is 16.7. The largest absolute Gasteiger partial charge is 0.320 e. The van der Waals surface area contributed by atoms with Crippen LogP contribution < -0.4 is 5.32 Å². The summed E-state index contributed by atoms with van der Waals surface area (Å²) in [7, 11) is -2.10. The van der Waals surface area contributed by atoms with Gasteiger partial charge in [0.2, 0.25) is 10.0 Å². The van der Waals surface area contributed by atoms with E-state index in [2.05, 4.69) is 10.3 Å². The lowest BCUT2D eigenvalue weighted by Crippen LogP contribution is -2.28. The van der Waals surface area contributed by atoms with Crippen molar-refractivity contribution in [3.05, 3.63) is 76.7 Å².